The molecule has 0 saturated carbocycles. The van der Waals surface area contributed by atoms with Gasteiger partial charge in [0, 0.05) is 10.6 Å². The van der Waals surface area contributed by atoms with Crippen molar-refractivity contribution in [3.05, 3.63) is 51.7 Å². The van der Waals surface area contributed by atoms with E-state index in [0.29, 0.717) is 10.6 Å². The van der Waals surface area contributed by atoms with E-state index in [1.807, 2.05) is 32.0 Å². The number of carbonyl (C=O) groups excluding carboxylic acids is 2. The zero-order valence-electron chi connectivity index (χ0n) is 11.3. The Morgan fingerprint density at radius 3 is 2.40 bits per heavy atom. The maximum Gasteiger partial charge on any atom is 0.348 e. The molecule has 4 nitrogen and oxygen atoms in total. The van der Waals surface area contributed by atoms with E-state index in [0.717, 1.165) is 10.4 Å². The van der Waals surface area contributed by atoms with Gasteiger partial charge in [-0.1, -0.05) is 17.7 Å². The van der Waals surface area contributed by atoms with Crippen LogP contribution in [0.1, 0.15) is 20.1 Å². The third kappa shape index (κ3) is 3.93. The summed E-state index contributed by atoms with van der Waals surface area (Å²) >= 11 is 1.35. The Labute approximate surface area is 121 Å². The van der Waals surface area contributed by atoms with Crippen LogP contribution in [0.15, 0.2) is 36.4 Å². The molecule has 1 aromatic carbocycles. The average Bonchev–Trinajstić information content (AvgIpc) is 2.85. The molecule has 1 amide bonds. The van der Waals surface area contributed by atoms with Crippen LogP contribution in [0.25, 0.3) is 0 Å². The van der Waals surface area contributed by atoms with Gasteiger partial charge in [-0.15, -0.1) is 11.3 Å². The van der Waals surface area contributed by atoms with Crippen molar-refractivity contribution < 1.29 is 14.3 Å². The molecule has 0 aliphatic rings. The second-order valence-corrected chi connectivity index (χ2v) is 5.69. The van der Waals surface area contributed by atoms with Crippen molar-refractivity contribution in [1.82, 2.24) is 0 Å². The maximum atomic E-state index is 11.7. The molecule has 20 heavy (non-hydrogen) atoms. The monoisotopic (exact) mass is 289 g/mol. The lowest BCUT2D eigenvalue weighted by atomic mass is 10.2. The van der Waals surface area contributed by atoms with Gasteiger partial charge in [-0.2, -0.15) is 0 Å². The molecule has 2 aromatic rings. The molecule has 0 spiro atoms. The molecule has 5 heteroatoms. The molecule has 0 radical (unpaired) electrons. The lowest BCUT2D eigenvalue weighted by Crippen LogP contribution is -2.20. The fraction of sp³-hybridized carbons (Fsp3) is 0.200. The van der Waals surface area contributed by atoms with E-state index in [1.54, 1.807) is 18.2 Å². The van der Waals surface area contributed by atoms with Crippen molar-refractivity contribution in [3.8, 4) is 0 Å². The number of carbonyl (C=O) groups is 2. The van der Waals surface area contributed by atoms with Gasteiger partial charge >= 0.3 is 5.97 Å². The number of anilines is 1. The molecule has 104 valence electrons. The van der Waals surface area contributed by atoms with Crippen molar-refractivity contribution in [3.63, 3.8) is 0 Å². The van der Waals surface area contributed by atoms with Gasteiger partial charge in [0.15, 0.2) is 6.61 Å². The number of hydrogen-bond donors (Lipinski definition) is 1. The molecule has 0 bridgehead atoms. The van der Waals surface area contributed by atoms with Crippen LogP contribution >= 0.6 is 11.3 Å². The van der Waals surface area contributed by atoms with Gasteiger partial charge in [0.2, 0.25) is 0 Å². The van der Waals surface area contributed by atoms with Gasteiger partial charge in [-0.05, 0) is 38.1 Å². The van der Waals surface area contributed by atoms with Crippen molar-refractivity contribution in [2.24, 2.45) is 0 Å². The number of hydrogen-bond acceptors (Lipinski definition) is 4. The summed E-state index contributed by atoms with van der Waals surface area (Å²) < 4.78 is 4.96. The summed E-state index contributed by atoms with van der Waals surface area (Å²) in [6.07, 6.45) is 0. The first kappa shape index (κ1) is 14.3. The number of ether oxygens (including phenoxy) is 1. The second kappa shape index (κ2) is 6.34. The maximum absolute atomic E-state index is 11.7. The van der Waals surface area contributed by atoms with E-state index < -0.39 is 5.97 Å². The van der Waals surface area contributed by atoms with E-state index in [4.69, 9.17) is 4.74 Å². The third-order valence-corrected chi connectivity index (χ3v) is 3.59. The number of esters is 1. The molecule has 0 fully saturated rings. The second-order valence-electron chi connectivity index (χ2n) is 4.40. The Bertz CT molecular complexity index is 616. The molecular formula is C15H15NO3S. The summed E-state index contributed by atoms with van der Waals surface area (Å²) in [5.74, 6) is -0.822. The highest BCUT2D eigenvalue weighted by molar-refractivity contribution is 7.13. The fourth-order valence-electron chi connectivity index (χ4n) is 1.58. The molecule has 1 aromatic heterocycles. The molecule has 0 unspecified atom stereocenters. The van der Waals surface area contributed by atoms with Crippen LogP contribution in [0.5, 0.6) is 0 Å². The number of amides is 1. The highest BCUT2D eigenvalue weighted by Gasteiger charge is 2.12. The molecule has 0 saturated heterocycles. The Hall–Kier alpha value is -2.14. The zero-order valence-corrected chi connectivity index (χ0v) is 12.1. The zero-order chi connectivity index (χ0) is 14.5. The van der Waals surface area contributed by atoms with Crippen LogP contribution in [-0.2, 0) is 9.53 Å². The SMILES string of the molecule is Cc1ccc(NC(=O)COC(=O)c2ccc(C)s2)cc1. The van der Waals surface area contributed by atoms with E-state index in [1.165, 1.54) is 11.3 Å². The normalized spacial score (nSPS) is 10.1. The minimum Gasteiger partial charge on any atom is -0.451 e. The molecule has 0 atom stereocenters. The van der Waals surface area contributed by atoms with Crippen molar-refractivity contribution in [1.29, 1.82) is 0 Å². The predicted octanol–water partition coefficient (Wildman–Crippen LogP) is 3.16. The lowest BCUT2D eigenvalue weighted by Gasteiger charge is -2.06. The molecule has 1 N–H and O–H groups in total. The average molecular weight is 289 g/mol. The summed E-state index contributed by atoms with van der Waals surface area (Å²) in [7, 11) is 0. The summed E-state index contributed by atoms with van der Waals surface area (Å²) in [6.45, 7) is 3.59. The van der Waals surface area contributed by atoms with Crippen LogP contribution in [0, 0.1) is 13.8 Å². The number of thiophene rings is 1. The summed E-state index contributed by atoms with van der Waals surface area (Å²) in [6, 6.07) is 10.9. The Balaban J connectivity index is 1.83. The number of rotatable bonds is 4. The largest absolute Gasteiger partial charge is 0.451 e. The first-order chi connectivity index (χ1) is 9.54. The standard InChI is InChI=1S/C15H15NO3S/c1-10-3-6-12(7-4-10)16-14(17)9-19-15(18)13-8-5-11(2)20-13/h3-8H,9H2,1-2H3,(H,16,17). The molecule has 2 rings (SSSR count). The molecule has 1 heterocycles. The third-order valence-electron chi connectivity index (χ3n) is 2.61. The predicted molar refractivity (Wildman–Crippen MR) is 79.1 cm³/mol. The Morgan fingerprint density at radius 2 is 1.80 bits per heavy atom. The van der Waals surface area contributed by atoms with Gasteiger partial charge < -0.3 is 10.1 Å². The first-order valence-electron chi connectivity index (χ1n) is 6.14. The molecular weight excluding hydrogens is 274 g/mol. The Morgan fingerprint density at radius 1 is 1.10 bits per heavy atom. The van der Waals surface area contributed by atoms with Crippen LogP contribution in [0.3, 0.4) is 0 Å². The summed E-state index contributed by atoms with van der Waals surface area (Å²) in [5.41, 5.74) is 1.80. The van der Waals surface area contributed by atoms with Crippen molar-refractivity contribution in [2.45, 2.75) is 13.8 Å². The van der Waals surface area contributed by atoms with E-state index in [-0.39, 0.29) is 12.5 Å². The number of benzene rings is 1. The summed E-state index contributed by atoms with van der Waals surface area (Å²) in [4.78, 5) is 24.9. The minimum absolute atomic E-state index is 0.288. The minimum atomic E-state index is -0.470. The van der Waals surface area contributed by atoms with Crippen LogP contribution in [0.2, 0.25) is 0 Å². The smallest absolute Gasteiger partial charge is 0.348 e. The van der Waals surface area contributed by atoms with E-state index in [9.17, 15) is 9.59 Å². The van der Waals surface area contributed by atoms with Gasteiger partial charge in [-0.3, -0.25) is 4.79 Å². The molecule has 0 aliphatic carbocycles. The van der Waals surface area contributed by atoms with Crippen molar-refractivity contribution in [2.75, 3.05) is 11.9 Å². The molecule has 0 aliphatic heterocycles. The lowest BCUT2D eigenvalue weighted by molar-refractivity contribution is -0.119. The quantitative estimate of drug-likeness (QED) is 0.880. The highest BCUT2D eigenvalue weighted by Crippen LogP contribution is 2.16. The Kier molecular flexibility index (Phi) is 4.53. The number of aryl methyl sites for hydroxylation is 2. The van der Waals surface area contributed by atoms with Crippen LogP contribution in [0.4, 0.5) is 5.69 Å². The first-order valence-corrected chi connectivity index (χ1v) is 6.96. The summed E-state index contributed by atoms with van der Waals surface area (Å²) in [5, 5.41) is 2.67. The van der Waals surface area contributed by atoms with E-state index >= 15 is 0 Å². The van der Waals surface area contributed by atoms with Crippen molar-refractivity contribution >= 4 is 28.9 Å². The van der Waals surface area contributed by atoms with Gasteiger partial charge in [-0.25, -0.2) is 4.79 Å². The topological polar surface area (TPSA) is 55.4 Å². The number of nitrogens with one attached hydrogen (secondary N) is 1. The van der Waals surface area contributed by atoms with Gasteiger partial charge in [0.25, 0.3) is 5.91 Å². The van der Waals surface area contributed by atoms with Crippen LogP contribution in [-0.4, -0.2) is 18.5 Å². The van der Waals surface area contributed by atoms with Gasteiger partial charge in [0.05, 0.1) is 0 Å². The fourth-order valence-corrected chi connectivity index (χ4v) is 2.34. The van der Waals surface area contributed by atoms with Gasteiger partial charge in [0.1, 0.15) is 4.88 Å². The highest BCUT2D eigenvalue weighted by atomic mass is 32.1. The van der Waals surface area contributed by atoms with E-state index in [2.05, 4.69) is 5.32 Å². The van der Waals surface area contributed by atoms with Crippen LogP contribution < -0.4 is 5.32 Å².